The van der Waals surface area contributed by atoms with Gasteiger partial charge >= 0.3 is 0 Å². The largest absolute Gasteiger partial charge is 0.339 e. The van der Waals surface area contributed by atoms with Gasteiger partial charge in [0.05, 0.1) is 6.04 Å². The Hall–Kier alpha value is -1.76. The number of Topliss-reactive ketones (excluding diaryl/α,β-unsaturated/α-hetero) is 1. The number of likely N-dealkylation sites (N-methyl/N-ethyl adjacent to an activating group) is 1. The molecular formula is C18H25ClN4O2. The first-order chi connectivity index (χ1) is 11.7. The number of carbonyl (C=O) groups excluding carboxylic acids is 1. The predicted octanol–water partition coefficient (Wildman–Crippen LogP) is 2.45. The summed E-state index contributed by atoms with van der Waals surface area (Å²) in [6.07, 6.45) is 1.83. The minimum Gasteiger partial charge on any atom is -0.339 e. The van der Waals surface area contributed by atoms with Gasteiger partial charge in [0.15, 0.2) is 11.6 Å². The minimum atomic E-state index is 0. The number of rotatable bonds is 6. The molecule has 136 valence electrons. The van der Waals surface area contributed by atoms with E-state index in [1.807, 2.05) is 24.3 Å². The zero-order chi connectivity index (χ0) is 16.9. The monoisotopic (exact) mass is 364 g/mol. The second kappa shape index (κ2) is 9.08. The SMILES string of the molecule is CCc1ccc(C(=O)CCc2nc(C3CNCCN3C)no2)cc1.Cl. The molecule has 1 fully saturated rings. The van der Waals surface area contributed by atoms with Crippen molar-refractivity contribution in [2.45, 2.75) is 32.2 Å². The van der Waals surface area contributed by atoms with E-state index in [0.29, 0.717) is 24.6 Å². The first-order valence-corrected chi connectivity index (χ1v) is 8.53. The fourth-order valence-corrected chi connectivity index (χ4v) is 2.89. The normalized spacial score (nSPS) is 17.9. The van der Waals surface area contributed by atoms with Gasteiger partial charge in [-0.25, -0.2) is 0 Å². The number of aromatic nitrogens is 2. The first kappa shape index (κ1) is 19.6. The van der Waals surface area contributed by atoms with Crippen LogP contribution in [0.4, 0.5) is 0 Å². The molecule has 0 amide bonds. The Labute approximate surface area is 154 Å². The highest BCUT2D eigenvalue weighted by atomic mass is 35.5. The molecular weight excluding hydrogens is 340 g/mol. The lowest BCUT2D eigenvalue weighted by Gasteiger charge is -2.30. The molecule has 0 spiro atoms. The van der Waals surface area contributed by atoms with Gasteiger partial charge in [-0.1, -0.05) is 36.3 Å². The second-order valence-corrected chi connectivity index (χ2v) is 6.22. The highest BCUT2D eigenvalue weighted by Gasteiger charge is 2.25. The van der Waals surface area contributed by atoms with Crippen LogP contribution >= 0.6 is 12.4 Å². The van der Waals surface area contributed by atoms with E-state index >= 15 is 0 Å². The van der Waals surface area contributed by atoms with Gasteiger partial charge in [-0.2, -0.15) is 4.98 Å². The van der Waals surface area contributed by atoms with Gasteiger partial charge in [0.25, 0.3) is 0 Å². The van der Waals surface area contributed by atoms with Crippen LogP contribution in [0.3, 0.4) is 0 Å². The topological polar surface area (TPSA) is 71.3 Å². The zero-order valence-corrected chi connectivity index (χ0v) is 15.5. The lowest BCUT2D eigenvalue weighted by atomic mass is 10.0. The Kier molecular flexibility index (Phi) is 7.11. The van der Waals surface area contributed by atoms with Crippen LogP contribution in [0.5, 0.6) is 0 Å². The molecule has 1 aromatic heterocycles. The van der Waals surface area contributed by atoms with Gasteiger partial charge in [0, 0.05) is 38.0 Å². The molecule has 0 radical (unpaired) electrons. The molecule has 1 unspecified atom stereocenters. The Morgan fingerprint density at radius 3 is 2.80 bits per heavy atom. The van der Waals surface area contributed by atoms with Crippen molar-refractivity contribution in [3.8, 4) is 0 Å². The quantitative estimate of drug-likeness (QED) is 0.794. The van der Waals surface area contributed by atoms with Crippen molar-refractivity contribution >= 4 is 18.2 Å². The number of piperazine rings is 1. The van der Waals surface area contributed by atoms with E-state index in [9.17, 15) is 4.79 Å². The maximum atomic E-state index is 12.3. The van der Waals surface area contributed by atoms with Crippen molar-refractivity contribution in [3.05, 3.63) is 47.1 Å². The van der Waals surface area contributed by atoms with Gasteiger partial charge in [-0.05, 0) is 19.0 Å². The number of carbonyl (C=O) groups is 1. The fourth-order valence-electron chi connectivity index (χ4n) is 2.89. The van der Waals surface area contributed by atoms with E-state index in [-0.39, 0.29) is 24.2 Å². The highest BCUT2D eigenvalue weighted by Crippen LogP contribution is 2.18. The smallest absolute Gasteiger partial charge is 0.227 e. The summed E-state index contributed by atoms with van der Waals surface area (Å²) in [6, 6.07) is 7.92. The number of halogens is 1. The first-order valence-electron chi connectivity index (χ1n) is 8.53. The van der Waals surface area contributed by atoms with Gasteiger partial charge in [0.2, 0.25) is 5.89 Å². The average molecular weight is 365 g/mol. The van der Waals surface area contributed by atoms with Crippen molar-refractivity contribution in [1.82, 2.24) is 20.4 Å². The van der Waals surface area contributed by atoms with E-state index < -0.39 is 0 Å². The third-order valence-electron chi connectivity index (χ3n) is 4.54. The number of nitrogens with zero attached hydrogens (tertiary/aromatic N) is 3. The second-order valence-electron chi connectivity index (χ2n) is 6.22. The number of ketones is 1. The van der Waals surface area contributed by atoms with Crippen LogP contribution in [0.15, 0.2) is 28.8 Å². The summed E-state index contributed by atoms with van der Waals surface area (Å²) in [4.78, 5) is 18.9. The fraction of sp³-hybridized carbons (Fsp3) is 0.500. The molecule has 3 rings (SSSR count). The summed E-state index contributed by atoms with van der Waals surface area (Å²) < 4.78 is 5.32. The molecule has 1 atom stereocenters. The number of benzene rings is 1. The van der Waals surface area contributed by atoms with Crippen LogP contribution < -0.4 is 5.32 Å². The van der Waals surface area contributed by atoms with Crippen molar-refractivity contribution < 1.29 is 9.32 Å². The molecule has 0 bridgehead atoms. The molecule has 7 heteroatoms. The molecule has 6 nitrogen and oxygen atoms in total. The van der Waals surface area contributed by atoms with Crippen LogP contribution in [0.25, 0.3) is 0 Å². The number of hydrogen-bond donors (Lipinski definition) is 1. The summed E-state index contributed by atoms with van der Waals surface area (Å²) in [5.41, 5.74) is 1.97. The maximum absolute atomic E-state index is 12.3. The van der Waals surface area contributed by atoms with Crippen LogP contribution in [0.2, 0.25) is 0 Å². The van der Waals surface area contributed by atoms with Gasteiger partial charge in [0.1, 0.15) is 0 Å². The number of aryl methyl sites for hydroxylation is 2. The summed E-state index contributed by atoms with van der Waals surface area (Å²) in [7, 11) is 2.06. The molecule has 2 aromatic rings. The highest BCUT2D eigenvalue weighted by molar-refractivity contribution is 5.96. The van der Waals surface area contributed by atoms with Gasteiger partial charge in [-0.15, -0.1) is 12.4 Å². The van der Waals surface area contributed by atoms with Gasteiger partial charge in [-0.3, -0.25) is 9.69 Å². The van der Waals surface area contributed by atoms with Crippen molar-refractivity contribution in [1.29, 1.82) is 0 Å². The molecule has 2 heterocycles. The Balaban J connectivity index is 0.00000225. The molecule has 1 aliphatic heterocycles. The Bertz CT molecular complexity index is 687. The third kappa shape index (κ3) is 4.87. The summed E-state index contributed by atoms with van der Waals surface area (Å²) in [6.45, 7) is 4.85. The minimum absolute atomic E-state index is 0. The van der Waals surface area contributed by atoms with Gasteiger partial charge < -0.3 is 9.84 Å². The molecule has 1 saturated heterocycles. The van der Waals surface area contributed by atoms with E-state index in [1.54, 1.807) is 0 Å². The van der Waals surface area contributed by atoms with Crippen molar-refractivity contribution in [2.24, 2.45) is 0 Å². The molecule has 25 heavy (non-hydrogen) atoms. The van der Waals surface area contributed by atoms with E-state index in [4.69, 9.17) is 4.52 Å². The third-order valence-corrected chi connectivity index (χ3v) is 4.54. The molecule has 1 N–H and O–H groups in total. The lowest BCUT2D eigenvalue weighted by Crippen LogP contribution is -2.44. The molecule has 0 saturated carbocycles. The summed E-state index contributed by atoms with van der Waals surface area (Å²) in [5, 5.41) is 7.42. The molecule has 1 aromatic carbocycles. The van der Waals surface area contributed by atoms with E-state index in [0.717, 1.165) is 31.6 Å². The summed E-state index contributed by atoms with van der Waals surface area (Å²) >= 11 is 0. The number of hydrogen-bond acceptors (Lipinski definition) is 6. The van der Waals surface area contributed by atoms with Crippen molar-refractivity contribution in [3.63, 3.8) is 0 Å². The van der Waals surface area contributed by atoms with E-state index in [2.05, 4.69) is 34.3 Å². The Morgan fingerprint density at radius 1 is 1.36 bits per heavy atom. The van der Waals surface area contributed by atoms with Crippen LogP contribution in [-0.4, -0.2) is 47.5 Å². The Morgan fingerprint density at radius 2 is 2.12 bits per heavy atom. The molecule has 1 aliphatic rings. The van der Waals surface area contributed by atoms with Crippen LogP contribution in [0, 0.1) is 0 Å². The average Bonchev–Trinajstić information content (AvgIpc) is 3.09. The standard InChI is InChI=1S/C18H24N4O2.ClH/c1-3-13-4-6-14(7-5-13)16(23)8-9-17-20-18(21-24-17)15-12-19-10-11-22(15)2;/h4-7,15,19H,3,8-12H2,1-2H3;1H. The molecule has 0 aliphatic carbocycles. The number of nitrogens with one attached hydrogen (secondary N) is 1. The van der Waals surface area contributed by atoms with E-state index in [1.165, 1.54) is 5.56 Å². The zero-order valence-electron chi connectivity index (χ0n) is 14.7. The summed E-state index contributed by atoms with van der Waals surface area (Å²) in [5.74, 6) is 1.33. The van der Waals surface area contributed by atoms with Crippen molar-refractivity contribution in [2.75, 3.05) is 26.7 Å². The lowest BCUT2D eigenvalue weighted by molar-refractivity contribution is 0.0979. The van der Waals surface area contributed by atoms with Crippen LogP contribution in [0.1, 0.15) is 47.0 Å². The maximum Gasteiger partial charge on any atom is 0.227 e. The van der Waals surface area contributed by atoms with Crippen LogP contribution in [-0.2, 0) is 12.8 Å². The predicted molar refractivity (Wildman–Crippen MR) is 98.3 cm³/mol.